The van der Waals surface area contributed by atoms with E-state index in [0.717, 1.165) is 0 Å². The van der Waals surface area contributed by atoms with Gasteiger partial charge in [-0.05, 0) is 36.6 Å². The molecule has 0 aliphatic carbocycles. The van der Waals surface area contributed by atoms with E-state index < -0.39 is 17.0 Å². The molecule has 5 nitrogen and oxygen atoms in total. The van der Waals surface area contributed by atoms with Crippen LogP contribution in [0.1, 0.15) is 22.2 Å². The van der Waals surface area contributed by atoms with Crippen LogP contribution in [-0.2, 0) is 15.8 Å². The maximum atomic E-state index is 11.7. The Bertz CT molecular complexity index is 641. The Kier molecular flexibility index (Phi) is 6.10. The Morgan fingerprint density at radius 3 is 2.84 bits per heavy atom. The van der Waals surface area contributed by atoms with Gasteiger partial charge >= 0.3 is 35.5 Å². The number of rotatable bonds is 3. The molecular formula is C11H10NNaO4S2. The Balaban J connectivity index is 0.00000180. The van der Waals surface area contributed by atoms with Crippen LogP contribution in [0.25, 0.3) is 10.2 Å². The first kappa shape index (κ1) is 16.7. The van der Waals surface area contributed by atoms with Gasteiger partial charge in [0.05, 0.1) is 6.61 Å². The Hall–Kier alpha value is -0.310. The summed E-state index contributed by atoms with van der Waals surface area (Å²) in [6.07, 6.45) is 1.27. The molecule has 0 aliphatic heterocycles. The molecule has 0 radical (unpaired) electrons. The summed E-state index contributed by atoms with van der Waals surface area (Å²) >= 11 is -1.12. The van der Waals surface area contributed by atoms with Gasteiger partial charge in [-0.25, -0.2) is 9.78 Å². The largest absolute Gasteiger partial charge is 1.00 e. The number of hydrogen-bond donors (Lipinski definition) is 0. The summed E-state index contributed by atoms with van der Waals surface area (Å²) in [5.41, 5.74) is 0.702. The van der Waals surface area contributed by atoms with Gasteiger partial charge in [0.25, 0.3) is 0 Å². The van der Waals surface area contributed by atoms with Gasteiger partial charge < -0.3 is 9.29 Å². The van der Waals surface area contributed by atoms with E-state index in [-0.39, 0.29) is 34.5 Å². The molecule has 1 unspecified atom stereocenters. The normalized spacial score (nSPS) is 11.9. The minimum atomic E-state index is -2.32. The van der Waals surface area contributed by atoms with Crippen LogP contribution in [0.15, 0.2) is 17.2 Å². The molecule has 2 aromatic rings. The van der Waals surface area contributed by atoms with Crippen LogP contribution in [0, 0.1) is 6.92 Å². The van der Waals surface area contributed by atoms with Crippen LogP contribution in [0.5, 0.6) is 0 Å². The molecule has 0 N–H and O–H groups in total. The van der Waals surface area contributed by atoms with Gasteiger partial charge in [0.15, 0.2) is 0 Å². The van der Waals surface area contributed by atoms with Gasteiger partial charge in [-0.2, -0.15) is 0 Å². The number of carbonyl (C=O) groups is 1. The fourth-order valence-electron chi connectivity index (χ4n) is 1.56. The molecule has 0 aliphatic rings. The van der Waals surface area contributed by atoms with Gasteiger partial charge in [-0.1, -0.05) is 0 Å². The number of nitrogens with zero attached hydrogens (tertiary/aromatic N) is 1. The van der Waals surface area contributed by atoms with E-state index in [2.05, 4.69) is 4.98 Å². The first-order valence-electron chi connectivity index (χ1n) is 5.20. The van der Waals surface area contributed by atoms with Crippen molar-refractivity contribution in [3.05, 3.63) is 22.7 Å². The van der Waals surface area contributed by atoms with Crippen LogP contribution in [0.2, 0.25) is 0 Å². The third-order valence-corrected chi connectivity index (χ3v) is 4.23. The zero-order valence-electron chi connectivity index (χ0n) is 10.8. The number of fused-ring (bicyclic) bond motifs is 1. The fourth-order valence-corrected chi connectivity index (χ4v) is 2.94. The van der Waals surface area contributed by atoms with E-state index in [9.17, 15) is 13.6 Å². The van der Waals surface area contributed by atoms with Crippen molar-refractivity contribution >= 4 is 38.6 Å². The van der Waals surface area contributed by atoms with Gasteiger partial charge in [0.2, 0.25) is 0 Å². The summed E-state index contributed by atoms with van der Waals surface area (Å²) in [4.78, 5) is 16.9. The molecule has 0 saturated heterocycles. The van der Waals surface area contributed by atoms with Crippen LogP contribution in [0.3, 0.4) is 0 Å². The van der Waals surface area contributed by atoms with Crippen molar-refractivity contribution in [3.8, 4) is 0 Å². The number of esters is 1. The third-order valence-electron chi connectivity index (χ3n) is 2.42. The van der Waals surface area contributed by atoms with Gasteiger partial charge in [-0.3, -0.25) is 4.21 Å². The van der Waals surface area contributed by atoms with Crippen molar-refractivity contribution in [2.24, 2.45) is 0 Å². The van der Waals surface area contributed by atoms with Crippen molar-refractivity contribution in [2.75, 3.05) is 6.61 Å². The molecule has 96 valence electrons. The Labute approximate surface area is 138 Å². The molecule has 8 heteroatoms. The van der Waals surface area contributed by atoms with E-state index in [1.165, 1.54) is 23.6 Å². The molecule has 0 bridgehead atoms. The molecule has 2 heterocycles. The summed E-state index contributed by atoms with van der Waals surface area (Å²) in [6, 6.07) is 1.51. The third kappa shape index (κ3) is 3.42. The van der Waals surface area contributed by atoms with E-state index in [1.54, 1.807) is 13.8 Å². The zero-order chi connectivity index (χ0) is 13.3. The second-order valence-corrected chi connectivity index (χ2v) is 5.47. The van der Waals surface area contributed by atoms with Crippen molar-refractivity contribution in [2.45, 2.75) is 18.7 Å². The topological polar surface area (TPSA) is 79.3 Å². The van der Waals surface area contributed by atoms with Crippen LogP contribution < -0.4 is 29.6 Å². The Morgan fingerprint density at radius 1 is 1.58 bits per heavy atom. The molecule has 19 heavy (non-hydrogen) atoms. The van der Waals surface area contributed by atoms with Crippen molar-refractivity contribution < 1.29 is 47.9 Å². The standard InChI is InChI=1S/C11H11NO4S2.Na/c1-3-16-11(13)9-6(2)8-4-7(18(14)15)5-12-10(8)17-9;/h4-5H,3H2,1-2H3,(H,14,15);/q;+1/p-1. The minimum Gasteiger partial charge on any atom is -0.768 e. The predicted molar refractivity (Wildman–Crippen MR) is 67.5 cm³/mol. The van der Waals surface area contributed by atoms with Crippen molar-refractivity contribution in [1.82, 2.24) is 4.98 Å². The average molecular weight is 307 g/mol. The van der Waals surface area contributed by atoms with Gasteiger partial charge in [0, 0.05) is 16.5 Å². The first-order chi connectivity index (χ1) is 8.54. The Morgan fingerprint density at radius 2 is 2.26 bits per heavy atom. The van der Waals surface area contributed by atoms with E-state index >= 15 is 0 Å². The number of ether oxygens (including phenoxy) is 1. The molecule has 0 saturated carbocycles. The van der Waals surface area contributed by atoms with Crippen LogP contribution >= 0.6 is 11.3 Å². The van der Waals surface area contributed by atoms with Gasteiger partial charge in [-0.15, -0.1) is 11.3 Å². The number of hydrogen-bond acceptors (Lipinski definition) is 6. The fraction of sp³-hybridized carbons (Fsp3) is 0.273. The molecule has 1 atom stereocenters. The smallest absolute Gasteiger partial charge is 0.768 e. The summed E-state index contributed by atoms with van der Waals surface area (Å²) in [6.45, 7) is 3.79. The summed E-state index contributed by atoms with van der Waals surface area (Å²) in [5, 5.41) is 0.671. The molecule has 2 aromatic heterocycles. The second-order valence-electron chi connectivity index (χ2n) is 3.54. The summed E-state index contributed by atoms with van der Waals surface area (Å²) < 4.78 is 26.7. The zero-order valence-corrected chi connectivity index (χ0v) is 14.4. The van der Waals surface area contributed by atoms with Gasteiger partial charge in [0.1, 0.15) is 9.71 Å². The van der Waals surface area contributed by atoms with E-state index in [1.807, 2.05) is 0 Å². The van der Waals surface area contributed by atoms with Crippen molar-refractivity contribution in [3.63, 3.8) is 0 Å². The molecule has 0 spiro atoms. The molecular weight excluding hydrogens is 297 g/mol. The van der Waals surface area contributed by atoms with Crippen molar-refractivity contribution in [1.29, 1.82) is 0 Å². The molecule has 0 fully saturated rings. The first-order valence-corrected chi connectivity index (χ1v) is 7.09. The minimum absolute atomic E-state index is 0. The maximum absolute atomic E-state index is 11.7. The number of aromatic nitrogens is 1. The maximum Gasteiger partial charge on any atom is 1.00 e. The second kappa shape index (κ2) is 6.92. The summed E-state index contributed by atoms with van der Waals surface area (Å²) in [5.74, 6) is -0.400. The number of carbonyl (C=O) groups excluding carboxylic acids is 1. The quantitative estimate of drug-likeness (QED) is 0.414. The SMILES string of the molecule is CCOC(=O)c1sc2ncc(S(=O)[O-])cc2c1C.[Na+]. The number of aryl methyl sites for hydroxylation is 1. The molecule has 0 aromatic carbocycles. The van der Waals surface area contributed by atoms with E-state index in [0.29, 0.717) is 27.3 Å². The van der Waals surface area contributed by atoms with Crippen LogP contribution in [-0.4, -0.2) is 26.3 Å². The average Bonchev–Trinajstić information content (AvgIpc) is 2.67. The number of pyridine rings is 1. The van der Waals surface area contributed by atoms with Crippen LogP contribution in [0.4, 0.5) is 0 Å². The monoisotopic (exact) mass is 307 g/mol. The predicted octanol–water partition coefficient (Wildman–Crippen LogP) is -0.977. The van der Waals surface area contributed by atoms with E-state index in [4.69, 9.17) is 4.74 Å². The number of thiophene rings is 1. The summed E-state index contributed by atoms with van der Waals surface area (Å²) in [7, 11) is 0. The molecule has 2 rings (SSSR count). The molecule has 0 amide bonds.